The maximum absolute atomic E-state index is 13.6. The Kier molecular flexibility index (Phi) is 4.34. The highest BCUT2D eigenvalue weighted by Crippen LogP contribution is 2.26. The fourth-order valence-electron chi connectivity index (χ4n) is 1.82. The number of anilines is 1. The van der Waals surface area contributed by atoms with Gasteiger partial charge in [0.1, 0.15) is 5.82 Å². The monoisotopic (exact) mass is 338 g/mol. The van der Waals surface area contributed by atoms with Crippen LogP contribution < -0.4 is 5.32 Å². The van der Waals surface area contributed by atoms with E-state index in [1.807, 2.05) is 0 Å². The highest BCUT2D eigenvalue weighted by atomic mass is 79.9. The van der Waals surface area contributed by atoms with Crippen molar-refractivity contribution in [3.63, 3.8) is 0 Å². The molecule has 0 atom stereocenters. The van der Waals surface area contributed by atoms with Crippen LogP contribution >= 0.6 is 15.9 Å². The van der Waals surface area contributed by atoms with Crippen molar-refractivity contribution in [2.24, 2.45) is 0 Å². The van der Waals surface area contributed by atoms with Crippen LogP contribution in [0.5, 0.6) is 0 Å². The number of nitro benzene ring substituents is 1. The summed E-state index contributed by atoms with van der Waals surface area (Å²) in [5, 5.41) is 13.8. The topological polar surface area (TPSA) is 55.2 Å². The van der Waals surface area contributed by atoms with Crippen LogP contribution in [-0.4, -0.2) is 4.92 Å². The van der Waals surface area contributed by atoms with E-state index in [0.717, 1.165) is 5.56 Å². The average molecular weight is 339 g/mol. The molecule has 0 spiro atoms. The average Bonchev–Trinajstić information content (AvgIpc) is 2.39. The zero-order valence-electron chi connectivity index (χ0n) is 10.7. The smallest absolute Gasteiger partial charge is 0.272 e. The molecule has 0 saturated carbocycles. The minimum absolute atomic E-state index is 0.0666. The van der Waals surface area contributed by atoms with Crippen molar-refractivity contribution in [3.8, 4) is 0 Å². The molecule has 2 aromatic carbocycles. The first kappa shape index (κ1) is 14.5. The first-order valence-electron chi connectivity index (χ1n) is 5.91. The Morgan fingerprint density at radius 2 is 2.10 bits per heavy atom. The summed E-state index contributed by atoms with van der Waals surface area (Å²) in [6.07, 6.45) is 0. The van der Waals surface area contributed by atoms with Gasteiger partial charge < -0.3 is 5.32 Å². The lowest BCUT2D eigenvalue weighted by Crippen LogP contribution is -2.03. The largest absolute Gasteiger partial charge is 0.378 e. The van der Waals surface area contributed by atoms with Crippen LogP contribution in [0.3, 0.4) is 0 Å². The normalized spacial score (nSPS) is 10.3. The lowest BCUT2D eigenvalue weighted by molar-refractivity contribution is -0.385. The molecule has 0 fully saturated rings. The third-order valence-corrected chi connectivity index (χ3v) is 3.56. The molecule has 0 radical (unpaired) electrons. The third kappa shape index (κ3) is 3.14. The molecule has 0 aliphatic carbocycles. The van der Waals surface area contributed by atoms with E-state index < -0.39 is 4.92 Å². The molecule has 0 heterocycles. The van der Waals surface area contributed by atoms with E-state index in [4.69, 9.17) is 0 Å². The number of nitrogens with one attached hydrogen (secondary N) is 1. The number of benzene rings is 2. The Hall–Kier alpha value is -1.95. The second kappa shape index (κ2) is 6.00. The highest BCUT2D eigenvalue weighted by Gasteiger charge is 2.11. The standard InChI is InChI=1S/C14H12BrFN2O2/c1-9-5-6-10(7-13(9)18(19)20)8-17-14-11(15)3-2-4-12(14)16/h2-7,17H,8H2,1H3. The number of halogens is 2. The SMILES string of the molecule is Cc1ccc(CNc2c(F)cccc2Br)cc1[N+](=O)[O-]. The zero-order valence-corrected chi connectivity index (χ0v) is 12.3. The molecule has 4 nitrogen and oxygen atoms in total. The number of hydrogen-bond acceptors (Lipinski definition) is 3. The highest BCUT2D eigenvalue weighted by molar-refractivity contribution is 9.10. The van der Waals surface area contributed by atoms with Gasteiger partial charge in [-0.25, -0.2) is 4.39 Å². The number of nitrogens with zero attached hydrogens (tertiary/aromatic N) is 1. The summed E-state index contributed by atoms with van der Waals surface area (Å²) in [6.45, 7) is 1.99. The predicted octanol–water partition coefficient (Wildman–Crippen LogP) is 4.42. The van der Waals surface area contributed by atoms with Gasteiger partial charge in [-0.2, -0.15) is 0 Å². The Bertz CT molecular complexity index is 641. The van der Waals surface area contributed by atoms with E-state index in [9.17, 15) is 14.5 Å². The maximum Gasteiger partial charge on any atom is 0.272 e. The fourth-order valence-corrected chi connectivity index (χ4v) is 2.30. The van der Waals surface area contributed by atoms with Crippen LogP contribution in [0, 0.1) is 22.9 Å². The molecule has 2 rings (SSSR count). The third-order valence-electron chi connectivity index (χ3n) is 2.90. The summed E-state index contributed by atoms with van der Waals surface area (Å²) in [7, 11) is 0. The number of hydrogen-bond donors (Lipinski definition) is 1. The molecule has 0 unspecified atom stereocenters. The van der Waals surface area contributed by atoms with Gasteiger partial charge in [0.05, 0.1) is 10.6 Å². The van der Waals surface area contributed by atoms with Crippen molar-refractivity contribution in [1.29, 1.82) is 0 Å². The Labute approximate surface area is 123 Å². The van der Waals surface area contributed by atoms with E-state index in [1.165, 1.54) is 12.1 Å². The molecule has 6 heteroatoms. The van der Waals surface area contributed by atoms with Crippen molar-refractivity contribution in [2.45, 2.75) is 13.5 Å². The predicted molar refractivity (Wildman–Crippen MR) is 79.3 cm³/mol. The van der Waals surface area contributed by atoms with E-state index >= 15 is 0 Å². The van der Waals surface area contributed by atoms with Gasteiger partial charge in [0.25, 0.3) is 5.69 Å². The molecule has 0 amide bonds. The van der Waals surface area contributed by atoms with Gasteiger partial charge in [0, 0.05) is 22.6 Å². The summed E-state index contributed by atoms with van der Waals surface area (Å²) in [4.78, 5) is 10.5. The Balaban J connectivity index is 2.19. The van der Waals surface area contributed by atoms with Gasteiger partial charge in [-0.15, -0.1) is 0 Å². The van der Waals surface area contributed by atoms with Gasteiger partial charge in [-0.05, 0) is 40.5 Å². The molecule has 0 aliphatic rings. The zero-order chi connectivity index (χ0) is 14.7. The molecule has 0 aromatic heterocycles. The number of aryl methyl sites for hydroxylation is 1. The van der Waals surface area contributed by atoms with Gasteiger partial charge in [0.15, 0.2) is 0 Å². The van der Waals surface area contributed by atoms with Crippen LogP contribution in [0.25, 0.3) is 0 Å². The number of para-hydroxylation sites is 1. The molecular formula is C14H12BrFN2O2. The molecular weight excluding hydrogens is 327 g/mol. The van der Waals surface area contributed by atoms with Crippen LogP contribution in [0.1, 0.15) is 11.1 Å². The van der Waals surface area contributed by atoms with Crippen LogP contribution in [0.15, 0.2) is 40.9 Å². The summed E-state index contributed by atoms with van der Waals surface area (Å²) in [5.74, 6) is -0.374. The van der Waals surface area contributed by atoms with Crippen LogP contribution in [-0.2, 0) is 6.54 Å². The quantitative estimate of drug-likeness (QED) is 0.663. The molecule has 2 aromatic rings. The molecule has 0 bridgehead atoms. The summed E-state index contributed by atoms with van der Waals surface area (Å²) >= 11 is 3.26. The summed E-state index contributed by atoms with van der Waals surface area (Å²) in [6, 6.07) is 9.64. The number of rotatable bonds is 4. The van der Waals surface area contributed by atoms with E-state index in [1.54, 1.807) is 31.2 Å². The van der Waals surface area contributed by atoms with E-state index in [2.05, 4.69) is 21.2 Å². The lowest BCUT2D eigenvalue weighted by Gasteiger charge is -2.10. The van der Waals surface area contributed by atoms with Crippen LogP contribution in [0.2, 0.25) is 0 Å². The van der Waals surface area contributed by atoms with E-state index in [0.29, 0.717) is 22.3 Å². The van der Waals surface area contributed by atoms with Crippen molar-refractivity contribution < 1.29 is 9.31 Å². The van der Waals surface area contributed by atoms with Crippen LogP contribution in [0.4, 0.5) is 15.8 Å². The Morgan fingerprint density at radius 1 is 1.35 bits per heavy atom. The van der Waals surface area contributed by atoms with Crippen molar-refractivity contribution in [2.75, 3.05) is 5.32 Å². The maximum atomic E-state index is 13.6. The van der Waals surface area contributed by atoms with E-state index in [-0.39, 0.29) is 11.5 Å². The second-order valence-corrected chi connectivity index (χ2v) is 5.18. The molecule has 104 valence electrons. The minimum Gasteiger partial charge on any atom is -0.378 e. The molecule has 0 aliphatic heterocycles. The first-order valence-corrected chi connectivity index (χ1v) is 6.70. The fraction of sp³-hybridized carbons (Fsp3) is 0.143. The van der Waals surface area contributed by atoms with Crippen molar-refractivity contribution >= 4 is 27.3 Å². The van der Waals surface area contributed by atoms with Gasteiger partial charge in [-0.3, -0.25) is 10.1 Å². The summed E-state index contributed by atoms with van der Waals surface area (Å²) in [5.41, 5.74) is 1.73. The molecule has 0 saturated heterocycles. The Morgan fingerprint density at radius 3 is 2.75 bits per heavy atom. The first-order chi connectivity index (χ1) is 9.49. The van der Waals surface area contributed by atoms with Gasteiger partial charge in [-0.1, -0.05) is 18.2 Å². The van der Waals surface area contributed by atoms with Gasteiger partial charge >= 0.3 is 0 Å². The second-order valence-electron chi connectivity index (χ2n) is 4.33. The van der Waals surface area contributed by atoms with Crippen molar-refractivity contribution in [1.82, 2.24) is 0 Å². The lowest BCUT2D eigenvalue weighted by atomic mass is 10.1. The number of nitro groups is 1. The van der Waals surface area contributed by atoms with Crippen molar-refractivity contribution in [3.05, 3.63) is 67.9 Å². The molecule has 20 heavy (non-hydrogen) atoms. The minimum atomic E-state index is -0.419. The molecule has 1 N–H and O–H groups in total. The summed E-state index contributed by atoms with van der Waals surface area (Å²) < 4.78 is 14.2. The van der Waals surface area contributed by atoms with Gasteiger partial charge in [0.2, 0.25) is 0 Å².